The zero-order chi connectivity index (χ0) is 21.8. The van der Waals surface area contributed by atoms with E-state index in [9.17, 15) is 14.9 Å². The zero-order valence-corrected chi connectivity index (χ0v) is 17.6. The molecule has 0 radical (unpaired) electrons. The minimum atomic E-state index is -0.481. The molecule has 0 unspecified atom stereocenters. The molecule has 4 rings (SSSR count). The number of non-ortho nitro benzene ring substituents is 1. The highest BCUT2D eigenvalue weighted by atomic mass is 32.2. The molecule has 1 N–H and O–H groups in total. The van der Waals surface area contributed by atoms with E-state index < -0.39 is 4.92 Å². The minimum absolute atomic E-state index is 0.0241. The maximum atomic E-state index is 12.3. The van der Waals surface area contributed by atoms with E-state index in [1.54, 1.807) is 6.20 Å². The van der Waals surface area contributed by atoms with E-state index in [0.29, 0.717) is 31.2 Å². The summed E-state index contributed by atoms with van der Waals surface area (Å²) >= 11 is 1.33. The number of rotatable bonds is 7. The fourth-order valence-electron chi connectivity index (χ4n) is 3.21. The van der Waals surface area contributed by atoms with Gasteiger partial charge in [0.15, 0.2) is 16.7 Å². The van der Waals surface area contributed by atoms with Crippen LogP contribution < -0.4 is 14.8 Å². The van der Waals surface area contributed by atoms with Gasteiger partial charge in [-0.25, -0.2) is 4.98 Å². The van der Waals surface area contributed by atoms with E-state index in [-0.39, 0.29) is 17.3 Å². The number of nitro benzene ring substituents is 1. The highest BCUT2D eigenvalue weighted by Crippen LogP contribution is 2.35. The number of nitro groups is 1. The van der Waals surface area contributed by atoms with E-state index in [1.165, 1.54) is 36.0 Å². The van der Waals surface area contributed by atoms with Gasteiger partial charge >= 0.3 is 0 Å². The topological polar surface area (TPSA) is 109 Å². The summed E-state index contributed by atoms with van der Waals surface area (Å²) in [5.74, 6) is 1.39. The Balaban J connectivity index is 1.43. The number of aromatic nitrogens is 2. The molecule has 0 atom stereocenters. The Bertz CT molecular complexity index is 1110. The van der Waals surface area contributed by atoms with Crippen LogP contribution in [0, 0.1) is 10.1 Å². The number of carbonyl (C=O) groups is 1. The van der Waals surface area contributed by atoms with Crippen LogP contribution in [0.15, 0.2) is 53.8 Å². The number of fused-ring (bicyclic) bond motifs is 1. The lowest BCUT2D eigenvalue weighted by Crippen LogP contribution is -2.15. The predicted octanol–water partition coefficient (Wildman–Crippen LogP) is 3.98. The van der Waals surface area contributed by atoms with Gasteiger partial charge in [0, 0.05) is 29.9 Å². The summed E-state index contributed by atoms with van der Waals surface area (Å²) in [6, 6.07) is 11.5. The average Bonchev–Trinajstić information content (AvgIpc) is 3.20. The summed E-state index contributed by atoms with van der Waals surface area (Å²) < 4.78 is 13.3. The highest BCUT2D eigenvalue weighted by molar-refractivity contribution is 7.99. The molecule has 2 aromatic carbocycles. The van der Waals surface area contributed by atoms with Crippen LogP contribution in [-0.2, 0) is 11.3 Å². The first-order chi connectivity index (χ1) is 15.0. The van der Waals surface area contributed by atoms with Crippen LogP contribution in [0.5, 0.6) is 11.5 Å². The van der Waals surface area contributed by atoms with Crippen molar-refractivity contribution >= 4 is 29.0 Å². The number of amides is 1. The van der Waals surface area contributed by atoms with Gasteiger partial charge in [0.1, 0.15) is 13.2 Å². The van der Waals surface area contributed by atoms with E-state index in [1.807, 2.05) is 29.7 Å². The fourth-order valence-corrected chi connectivity index (χ4v) is 4.05. The molecule has 3 aromatic rings. The first-order valence-corrected chi connectivity index (χ1v) is 10.7. The van der Waals surface area contributed by atoms with E-state index in [4.69, 9.17) is 9.47 Å². The molecule has 0 fully saturated rings. The predicted molar refractivity (Wildman–Crippen MR) is 117 cm³/mol. The monoisotopic (exact) mass is 440 g/mol. The normalized spacial score (nSPS) is 12.4. The van der Waals surface area contributed by atoms with Crippen molar-refractivity contribution < 1.29 is 19.2 Å². The van der Waals surface area contributed by atoms with Crippen molar-refractivity contribution in [1.82, 2.24) is 9.55 Å². The summed E-state index contributed by atoms with van der Waals surface area (Å²) in [6.45, 7) is 3.77. The smallest absolute Gasteiger partial charge is 0.269 e. The molecule has 0 spiro atoms. The number of anilines is 1. The Kier molecular flexibility index (Phi) is 6.08. The van der Waals surface area contributed by atoms with E-state index >= 15 is 0 Å². The Morgan fingerprint density at radius 1 is 1.19 bits per heavy atom. The third kappa shape index (κ3) is 4.64. The molecule has 31 heavy (non-hydrogen) atoms. The van der Waals surface area contributed by atoms with Gasteiger partial charge in [-0.2, -0.15) is 0 Å². The van der Waals surface area contributed by atoms with Gasteiger partial charge in [0.25, 0.3) is 5.69 Å². The molecule has 1 aliphatic heterocycles. The molecule has 1 aromatic heterocycles. The Morgan fingerprint density at radius 3 is 2.65 bits per heavy atom. The van der Waals surface area contributed by atoms with Gasteiger partial charge in [-0.3, -0.25) is 14.9 Å². The zero-order valence-electron chi connectivity index (χ0n) is 16.7. The van der Waals surface area contributed by atoms with Gasteiger partial charge in [-0.15, -0.1) is 0 Å². The number of nitrogens with one attached hydrogen (secondary N) is 1. The van der Waals surface area contributed by atoms with Crippen molar-refractivity contribution in [1.29, 1.82) is 0 Å². The van der Waals surface area contributed by atoms with Gasteiger partial charge < -0.3 is 19.4 Å². The SMILES string of the molecule is CCn1c(-c2ccc3c(c2)OCCO3)cnc1SCC(=O)Nc1ccc([N+](=O)[O-])cc1. The van der Waals surface area contributed by atoms with Gasteiger partial charge in [-0.1, -0.05) is 11.8 Å². The summed E-state index contributed by atoms with van der Waals surface area (Å²) in [6.07, 6.45) is 1.78. The van der Waals surface area contributed by atoms with E-state index in [0.717, 1.165) is 22.2 Å². The first-order valence-electron chi connectivity index (χ1n) is 9.68. The molecule has 9 nitrogen and oxygen atoms in total. The average molecular weight is 440 g/mol. The van der Waals surface area contributed by atoms with Crippen LogP contribution in [0.4, 0.5) is 11.4 Å². The second-order valence-corrected chi connectivity index (χ2v) is 7.61. The third-order valence-electron chi connectivity index (χ3n) is 4.67. The number of carbonyl (C=O) groups excluding carboxylic acids is 1. The van der Waals surface area contributed by atoms with Crippen molar-refractivity contribution in [2.75, 3.05) is 24.3 Å². The Labute approximate surface area is 182 Å². The number of imidazole rings is 1. The van der Waals surface area contributed by atoms with Crippen molar-refractivity contribution in [3.63, 3.8) is 0 Å². The minimum Gasteiger partial charge on any atom is -0.486 e. The molecule has 0 aliphatic carbocycles. The Hall–Kier alpha value is -3.53. The van der Waals surface area contributed by atoms with Crippen molar-refractivity contribution in [2.24, 2.45) is 0 Å². The van der Waals surface area contributed by atoms with Crippen molar-refractivity contribution in [3.8, 4) is 22.8 Å². The van der Waals surface area contributed by atoms with Gasteiger partial charge in [0.2, 0.25) is 5.91 Å². The van der Waals surface area contributed by atoms with Crippen molar-refractivity contribution in [3.05, 3.63) is 58.8 Å². The van der Waals surface area contributed by atoms with Crippen LogP contribution in [0.2, 0.25) is 0 Å². The maximum absolute atomic E-state index is 12.3. The number of nitrogens with zero attached hydrogens (tertiary/aromatic N) is 3. The van der Waals surface area contributed by atoms with Crippen LogP contribution in [0.25, 0.3) is 11.3 Å². The number of benzene rings is 2. The van der Waals surface area contributed by atoms with Crippen LogP contribution in [0.1, 0.15) is 6.92 Å². The summed E-state index contributed by atoms with van der Waals surface area (Å²) in [5.41, 5.74) is 2.37. The lowest BCUT2D eigenvalue weighted by atomic mass is 10.1. The Morgan fingerprint density at radius 2 is 1.94 bits per heavy atom. The lowest BCUT2D eigenvalue weighted by molar-refractivity contribution is -0.384. The number of hydrogen-bond acceptors (Lipinski definition) is 7. The van der Waals surface area contributed by atoms with Crippen LogP contribution in [-0.4, -0.2) is 39.3 Å². The molecule has 1 aliphatic rings. The fraction of sp³-hybridized carbons (Fsp3) is 0.238. The number of thioether (sulfide) groups is 1. The van der Waals surface area contributed by atoms with Gasteiger partial charge in [-0.05, 0) is 37.3 Å². The molecular weight excluding hydrogens is 420 g/mol. The molecule has 160 valence electrons. The number of hydrogen-bond donors (Lipinski definition) is 1. The largest absolute Gasteiger partial charge is 0.486 e. The molecular formula is C21H20N4O5S. The standard InChI is InChI=1S/C21H20N4O5S/c1-2-24-17(14-3-8-18-19(11-14)30-10-9-29-18)12-22-21(24)31-13-20(26)23-15-4-6-16(7-5-15)25(27)28/h3-8,11-12H,2,9-10,13H2,1H3,(H,23,26). The molecule has 0 bridgehead atoms. The highest BCUT2D eigenvalue weighted by Gasteiger charge is 2.17. The molecule has 0 saturated heterocycles. The van der Waals surface area contributed by atoms with Crippen LogP contribution >= 0.6 is 11.8 Å². The molecule has 2 heterocycles. The summed E-state index contributed by atoms with van der Waals surface area (Å²) in [4.78, 5) is 27.0. The third-order valence-corrected chi connectivity index (χ3v) is 5.66. The van der Waals surface area contributed by atoms with Gasteiger partial charge in [0.05, 0.1) is 22.6 Å². The number of ether oxygens (including phenoxy) is 2. The molecule has 1 amide bonds. The quantitative estimate of drug-likeness (QED) is 0.336. The van der Waals surface area contributed by atoms with E-state index in [2.05, 4.69) is 10.3 Å². The first kappa shape index (κ1) is 20.7. The molecule has 10 heteroatoms. The second kappa shape index (κ2) is 9.09. The summed E-state index contributed by atoms with van der Waals surface area (Å²) in [7, 11) is 0. The second-order valence-electron chi connectivity index (χ2n) is 6.67. The summed E-state index contributed by atoms with van der Waals surface area (Å²) in [5, 5.41) is 14.2. The maximum Gasteiger partial charge on any atom is 0.269 e. The molecule has 0 saturated carbocycles. The van der Waals surface area contributed by atoms with Crippen molar-refractivity contribution in [2.45, 2.75) is 18.6 Å². The lowest BCUT2D eigenvalue weighted by Gasteiger charge is -2.19. The van der Waals surface area contributed by atoms with Crippen LogP contribution in [0.3, 0.4) is 0 Å².